The zero-order valence-electron chi connectivity index (χ0n) is 28.5. The highest BCUT2D eigenvalue weighted by Crippen LogP contribution is 2.74. The van der Waals surface area contributed by atoms with Crippen molar-refractivity contribution in [3.8, 4) is 0 Å². The molecule has 1 N–H and O–H groups in total. The summed E-state index contributed by atoms with van der Waals surface area (Å²) in [6.45, 7) is 15.6. The minimum absolute atomic E-state index is 0.0904. The van der Waals surface area contributed by atoms with Crippen molar-refractivity contribution in [2.75, 3.05) is 6.61 Å². The van der Waals surface area contributed by atoms with Crippen LogP contribution in [0.2, 0.25) is 0 Å². The molecule has 43 heavy (non-hydrogen) atoms. The quantitative estimate of drug-likeness (QED) is 0.333. The molecule has 7 saturated carbocycles. The van der Waals surface area contributed by atoms with E-state index in [1.54, 1.807) is 0 Å². The van der Waals surface area contributed by atoms with Crippen molar-refractivity contribution in [2.45, 2.75) is 156 Å². The fourth-order valence-corrected chi connectivity index (χ4v) is 15.9. The third-order valence-electron chi connectivity index (χ3n) is 17.3. The number of esters is 1. The third-order valence-corrected chi connectivity index (χ3v) is 17.3. The van der Waals surface area contributed by atoms with Crippen molar-refractivity contribution in [1.82, 2.24) is 0 Å². The van der Waals surface area contributed by atoms with E-state index in [2.05, 4.69) is 47.6 Å². The van der Waals surface area contributed by atoms with E-state index in [-0.39, 0.29) is 29.3 Å². The van der Waals surface area contributed by atoms with Crippen LogP contribution in [0.5, 0.6) is 0 Å². The summed E-state index contributed by atoms with van der Waals surface area (Å²) in [5.74, 6) is 3.60. The van der Waals surface area contributed by atoms with E-state index in [0.717, 1.165) is 43.1 Å². The standard InChI is InChI=1S/C40H62O3/c1-34(2)15-7-17-36(5)29(34)13-19-38-21-26(9-11-31(36)38)28(23-38)33(41)43-25-40(42)24-39-20-14-30-35(3,4)16-8-18-37(30,6)32(39)12-10-27(40)22-39/h23,26-27,29-32,42H,7-22,24-25H2,1-6H3/t26-,27-,29-,30-,31+,32+,36-,37-,38+,39+,40+/m1/s1. The largest absolute Gasteiger partial charge is 0.459 e. The zero-order chi connectivity index (χ0) is 30.3. The lowest BCUT2D eigenvalue weighted by Crippen LogP contribution is -2.55. The van der Waals surface area contributed by atoms with Crippen molar-refractivity contribution in [1.29, 1.82) is 0 Å². The van der Waals surface area contributed by atoms with Crippen LogP contribution in [0.1, 0.15) is 151 Å². The maximum Gasteiger partial charge on any atom is 0.334 e. The molecule has 8 aliphatic rings. The van der Waals surface area contributed by atoms with Crippen LogP contribution in [0.3, 0.4) is 0 Å². The first-order valence-electron chi connectivity index (χ1n) is 18.8. The summed E-state index contributed by atoms with van der Waals surface area (Å²) in [7, 11) is 0. The Morgan fingerprint density at radius 1 is 0.744 bits per heavy atom. The van der Waals surface area contributed by atoms with Crippen molar-refractivity contribution < 1.29 is 14.6 Å². The number of aliphatic hydroxyl groups is 1. The monoisotopic (exact) mass is 590 g/mol. The molecule has 0 saturated heterocycles. The minimum atomic E-state index is -0.841. The molecule has 240 valence electrons. The van der Waals surface area contributed by atoms with Gasteiger partial charge in [-0.05, 0) is 164 Å². The summed E-state index contributed by atoms with van der Waals surface area (Å²) in [6.07, 6.45) is 23.7. The Labute approximate surface area is 262 Å². The fourth-order valence-electron chi connectivity index (χ4n) is 15.9. The molecule has 8 rings (SSSR count). The van der Waals surface area contributed by atoms with E-state index in [9.17, 15) is 9.90 Å². The second-order valence-corrected chi connectivity index (χ2v) is 20.0. The molecule has 7 fully saturated rings. The molecule has 8 aliphatic carbocycles. The molecule has 0 radical (unpaired) electrons. The Morgan fingerprint density at radius 2 is 1.37 bits per heavy atom. The SMILES string of the molecule is CC1(C)CCC[C@]2(C)[C@@H]1CC[C@]13C=C(C(=O)OC[C@@]4(O)C[C@@]56CC[C@@H]7C(C)(C)CCC[C@@]7(C)[C@@H]5CC[C@@H]4C6)[C@H](CC[C@H]12)C3. The van der Waals surface area contributed by atoms with Gasteiger partial charge in [0.1, 0.15) is 12.2 Å². The molecule has 3 heteroatoms. The van der Waals surface area contributed by atoms with Crippen LogP contribution >= 0.6 is 0 Å². The average molecular weight is 591 g/mol. The van der Waals surface area contributed by atoms with Crippen molar-refractivity contribution >= 4 is 5.97 Å². The van der Waals surface area contributed by atoms with Gasteiger partial charge in [0.05, 0.1) is 0 Å². The molecule has 0 heterocycles. The molecule has 4 bridgehead atoms. The number of fused-ring (bicyclic) bond motifs is 6. The second kappa shape index (κ2) is 9.16. The lowest BCUT2D eigenvalue weighted by Gasteiger charge is -2.64. The third kappa shape index (κ3) is 3.97. The fraction of sp³-hybridized carbons (Fsp3) is 0.925. The van der Waals surface area contributed by atoms with Crippen LogP contribution in [0, 0.1) is 68.0 Å². The molecule has 0 aromatic heterocycles. The van der Waals surface area contributed by atoms with Gasteiger partial charge in [-0.2, -0.15) is 0 Å². The molecular weight excluding hydrogens is 528 g/mol. The van der Waals surface area contributed by atoms with Crippen molar-refractivity contribution in [3.05, 3.63) is 11.6 Å². The second-order valence-electron chi connectivity index (χ2n) is 20.0. The minimum Gasteiger partial charge on any atom is -0.459 e. The van der Waals surface area contributed by atoms with Gasteiger partial charge in [0, 0.05) is 5.57 Å². The maximum absolute atomic E-state index is 13.9. The van der Waals surface area contributed by atoms with Gasteiger partial charge in [-0.1, -0.05) is 60.5 Å². The van der Waals surface area contributed by atoms with Gasteiger partial charge in [0.15, 0.2) is 0 Å². The number of carbonyl (C=O) groups is 1. The molecule has 3 nitrogen and oxygen atoms in total. The van der Waals surface area contributed by atoms with Crippen LogP contribution in [-0.4, -0.2) is 23.3 Å². The summed E-state index contributed by atoms with van der Waals surface area (Å²) in [5.41, 5.74) is 2.27. The van der Waals surface area contributed by atoms with Gasteiger partial charge in [0.25, 0.3) is 0 Å². The molecular formula is C40H62O3. The molecule has 11 atom stereocenters. The number of carbonyl (C=O) groups excluding carboxylic acids is 1. The number of allylic oxidation sites excluding steroid dienone is 1. The van der Waals surface area contributed by atoms with Crippen molar-refractivity contribution in [3.63, 3.8) is 0 Å². The number of ether oxygens (including phenoxy) is 1. The normalized spacial score (nSPS) is 54.0. The first-order valence-corrected chi connectivity index (χ1v) is 18.8. The highest BCUT2D eigenvalue weighted by Gasteiger charge is 2.68. The maximum atomic E-state index is 13.9. The molecule has 2 spiro atoms. The molecule has 0 amide bonds. The van der Waals surface area contributed by atoms with Crippen LogP contribution in [0.15, 0.2) is 11.6 Å². The average Bonchev–Trinajstić information content (AvgIpc) is 3.31. The Bertz CT molecular complexity index is 1210. The number of hydrogen-bond acceptors (Lipinski definition) is 3. The van der Waals surface area contributed by atoms with Crippen LogP contribution < -0.4 is 0 Å². The van der Waals surface area contributed by atoms with Gasteiger partial charge in [-0.25, -0.2) is 4.79 Å². The van der Waals surface area contributed by atoms with Gasteiger partial charge < -0.3 is 9.84 Å². The molecule has 0 aromatic rings. The first kappa shape index (κ1) is 29.6. The summed E-state index contributed by atoms with van der Waals surface area (Å²) >= 11 is 0. The number of hydrogen-bond donors (Lipinski definition) is 1. The van der Waals surface area contributed by atoms with E-state index in [0.29, 0.717) is 39.4 Å². The van der Waals surface area contributed by atoms with E-state index < -0.39 is 5.60 Å². The van der Waals surface area contributed by atoms with Crippen LogP contribution in [0.4, 0.5) is 0 Å². The first-order chi connectivity index (χ1) is 20.2. The van der Waals surface area contributed by atoms with Crippen LogP contribution in [0.25, 0.3) is 0 Å². The summed E-state index contributed by atoms with van der Waals surface area (Å²) in [5, 5.41) is 12.3. The Balaban J connectivity index is 0.990. The highest BCUT2D eigenvalue weighted by molar-refractivity contribution is 5.90. The van der Waals surface area contributed by atoms with Crippen LogP contribution in [-0.2, 0) is 9.53 Å². The van der Waals surface area contributed by atoms with Gasteiger partial charge in [-0.15, -0.1) is 0 Å². The lowest BCUT2D eigenvalue weighted by molar-refractivity contribution is -0.152. The number of rotatable bonds is 3. The van der Waals surface area contributed by atoms with E-state index in [4.69, 9.17) is 4.74 Å². The molecule has 0 aromatic carbocycles. The predicted molar refractivity (Wildman–Crippen MR) is 172 cm³/mol. The highest BCUT2D eigenvalue weighted by atomic mass is 16.5. The van der Waals surface area contributed by atoms with Gasteiger partial charge in [0.2, 0.25) is 0 Å². The van der Waals surface area contributed by atoms with E-state index >= 15 is 0 Å². The molecule has 0 aliphatic heterocycles. The Hall–Kier alpha value is -0.830. The van der Waals surface area contributed by atoms with Gasteiger partial charge in [-0.3, -0.25) is 0 Å². The smallest absolute Gasteiger partial charge is 0.334 e. The Morgan fingerprint density at radius 3 is 2.07 bits per heavy atom. The molecule has 0 unspecified atom stereocenters. The zero-order valence-corrected chi connectivity index (χ0v) is 28.5. The van der Waals surface area contributed by atoms with Crippen molar-refractivity contribution in [2.24, 2.45) is 68.0 Å². The lowest BCUT2D eigenvalue weighted by atomic mass is 9.41. The predicted octanol–water partition coefficient (Wildman–Crippen LogP) is 9.66. The summed E-state index contributed by atoms with van der Waals surface area (Å²) in [6, 6.07) is 0. The van der Waals surface area contributed by atoms with Gasteiger partial charge >= 0.3 is 5.97 Å². The van der Waals surface area contributed by atoms with E-state index in [1.807, 2.05) is 0 Å². The Kier molecular flexibility index (Phi) is 6.30. The van der Waals surface area contributed by atoms with E-state index in [1.165, 1.54) is 83.5 Å². The summed E-state index contributed by atoms with van der Waals surface area (Å²) in [4.78, 5) is 13.9. The summed E-state index contributed by atoms with van der Waals surface area (Å²) < 4.78 is 6.25. The topological polar surface area (TPSA) is 46.5 Å².